The third kappa shape index (κ3) is 3.23. The highest BCUT2D eigenvalue weighted by Gasteiger charge is 2.42. The predicted molar refractivity (Wildman–Crippen MR) is 81.0 cm³/mol. The summed E-state index contributed by atoms with van der Waals surface area (Å²) in [6, 6.07) is 1.78. The van der Waals surface area contributed by atoms with Gasteiger partial charge in [-0.05, 0) is 24.5 Å². The van der Waals surface area contributed by atoms with E-state index in [9.17, 15) is 14.4 Å². The van der Waals surface area contributed by atoms with E-state index in [1.807, 2.05) is 0 Å². The summed E-state index contributed by atoms with van der Waals surface area (Å²) in [5.41, 5.74) is 6.17. The Balaban J connectivity index is 1.49. The Morgan fingerprint density at radius 2 is 1.74 bits per heavy atom. The average Bonchev–Trinajstić information content (AvgIpc) is 2.98. The molecule has 1 aromatic rings. The molecule has 1 saturated carbocycles. The number of amides is 3. The van der Waals surface area contributed by atoms with E-state index in [1.54, 1.807) is 28.4 Å². The van der Waals surface area contributed by atoms with E-state index in [-0.39, 0.29) is 29.6 Å². The molecule has 3 amide bonds. The summed E-state index contributed by atoms with van der Waals surface area (Å²) in [7, 11) is 0. The van der Waals surface area contributed by atoms with E-state index in [2.05, 4.69) is 0 Å². The number of piperazine rings is 1. The maximum atomic E-state index is 12.4. The van der Waals surface area contributed by atoms with Crippen molar-refractivity contribution >= 4 is 17.7 Å². The van der Waals surface area contributed by atoms with Gasteiger partial charge in [0.15, 0.2) is 0 Å². The van der Waals surface area contributed by atoms with Gasteiger partial charge in [0.2, 0.25) is 17.7 Å². The summed E-state index contributed by atoms with van der Waals surface area (Å²) in [5.74, 6) is -0.924. The molecule has 23 heavy (non-hydrogen) atoms. The van der Waals surface area contributed by atoms with Gasteiger partial charge in [-0.1, -0.05) is 0 Å². The molecule has 0 aromatic carbocycles. The maximum Gasteiger partial charge on any atom is 0.227 e. The van der Waals surface area contributed by atoms with Crippen LogP contribution in [-0.2, 0) is 20.8 Å². The molecule has 2 aliphatic rings. The Labute approximate surface area is 134 Å². The van der Waals surface area contributed by atoms with Gasteiger partial charge in [0.05, 0.1) is 18.9 Å². The molecule has 2 atom stereocenters. The molecule has 3 rings (SSSR count). The van der Waals surface area contributed by atoms with E-state index in [0.29, 0.717) is 39.0 Å². The van der Waals surface area contributed by atoms with Gasteiger partial charge in [0, 0.05) is 38.0 Å². The molecule has 0 radical (unpaired) electrons. The first-order chi connectivity index (χ1) is 11.1. The van der Waals surface area contributed by atoms with Crippen molar-refractivity contribution in [2.75, 3.05) is 26.2 Å². The van der Waals surface area contributed by atoms with Gasteiger partial charge in [-0.15, -0.1) is 0 Å². The van der Waals surface area contributed by atoms with Gasteiger partial charge in [-0.3, -0.25) is 14.4 Å². The number of primary amides is 1. The van der Waals surface area contributed by atoms with Gasteiger partial charge in [-0.2, -0.15) is 0 Å². The highest BCUT2D eigenvalue weighted by atomic mass is 16.3. The summed E-state index contributed by atoms with van der Waals surface area (Å²) in [4.78, 5) is 39.4. The van der Waals surface area contributed by atoms with Gasteiger partial charge < -0.3 is 20.0 Å². The molecule has 1 aliphatic carbocycles. The van der Waals surface area contributed by atoms with Crippen molar-refractivity contribution < 1.29 is 18.8 Å². The third-order valence-electron chi connectivity index (χ3n) is 4.84. The van der Waals surface area contributed by atoms with Crippen molar-refractivity contribution in [3.63, 3.8) is 0 Å². The molecule has 124 valence electrons. The molecule has 1 aromatic heterocycles. The normalized spacial score (nSPS) is 24.2. The van der Waals surface area contributed by atoms with Crippen LogP contribution in [0.25, 0.3) is 0 Å². The van der Waals surface area contributed by atoms with Crippen molar-refractivity contribution in [1.29, 1.82) is 0 Å². The van der Waals surface area contributed by atoms with E-state index in [1.165, 1.54) is 0 Å². The van der Waals surface area contributed by atoms with Gasteiger partial charge in [0.25, 0.3) is 0 Å². The van der Waals surface area contributed by atoms with E-state index in [4.69, 9.17) is 10.2 Å². The molecule has 7 nitrogen and oxygen atoms in total. The zero-order valence-corrected chi connectivity index (χ0v) is 12.9. The molecule has 1 aliphatic heterocycles. The van der Waals surface area contributed by atoms with E-state index in [0.717, 1.165) is 12.0 Å². The molecular weight excluding hydrogens is 298 g/mol. The van der Waals surface area contributed by atoms with E-state index >= 15 is 0 Å². The topological polar surface area (TPSA) is 96.9 Å². The summed E-state index contributed by atoms with van der Waals surface area (Å²) < 4.78 is 4.96. The monoisotopic (exact) mass is 319 g/mol. The summed E-state index contributed by atoms with van der Waals surface area (Å²) in [6.07, 6.45) is 4.86. The minimum absolute atomic E-state index is 0.00184. The maximum absolute atomic E-state index is 12.4. The lowest BCUT2D eigenvalue weighted by atomic mass is 9.72. The molecular formula is C16H21N3O4. The SMILES string of the molecule is NC(=O)C1CCC1C(=O)N1CCN(C(=O)Cc2ccoc2)CC1. The van der Waals surface area contributed by atoms with Crippen LogP contribution in [0.5, 0.6) is 0 Å². The molecule has 2 N–H and O–H groups in total. The largest absolute Gasteiger partial charge is 0.472 e. The molecule has 0 spiro atoms. The second kappa shape index (κ2) is 6.44. The fraction of sp³-hybridized carbons (Fsp3) is 0.562. The van der Waals surface area contributed by atoms with Crippen LogP contribution in [-0.4, -0.2) is 53.7 Å². The number of nitrogens with two attached hydrogens (primary N) is 1. The van der Waals surface area contributed by atoms with Crippen LogP contribution in [0.15, 0.2) is 23.0 Å². The van der Waals surface area contributed by atoms with Crippen molar-refractivity contribution in [3.05, 3.63) is 24.2 Å². The standard InChI is InChI=1S/C16H21N3O4/c17-15(21)12-1-2-13(12)16(22)19-6-4-18(5-7-19)14(20)9-11-3-8-23-10-11/h3,8,10,12-13H,1-2,4-7,9H2,(H2,17,21). The molecule has 1 saturated heterocycles. The Bertz CT molecular complexity index is 590. The fourth-order valence-electron chi connectivity index (χ4n) is 3.23. The van der Waals surface area contributed by atoms with Crippen LogP contribution in [0.1, 0.15) is 18.4 Å². The minimum atomic E-state index is -0.386. The summed E-state index contributed by atoms with van der Waals surface area (Å²) in [6.45, 7) is 2.07. The number of hydrogen-bond acceptors (Lipinski definition) is 4. The zero-order valence-electron chi connectivity index (χ0n) is 12.9. The van der Waals surface area contributed by atoms with Crippen molar-refractivity contribution in [2.45, 2.75) is 19.3 Å². The number of hydrogen-bond donors (Lipinski definition) is 1. The smallest absolute Gasteiger partial charge is 0.227 e. The highest BCUT2D eigenvalue weighted by Crippen LogP contribution is 2.35. The molecule has 2 fully saturated rings. The summed E-state index contributed by atoms with van der Waals surface area (Å²) in [5, 5.41) is 0. The van der Waals surface area contributed by atoms with Gasteiger partial charge in [-0.25, -0.2) is 0 Å². The van der Waals surface area contributed by atoms with Crippen LogP contribution in [0.3, 0.4) is 0 Å². The Morgan fingerprint density at radius 3 is 2.26 bits per heavy atom. The van der Waals surface area contributed by atoms with Gasteiger partial charge in [0.1, 0.15) is 0 Å². The van der Waals surface area contributed by atoms with Crippen molar-refractivity contribution in [2.24, 2.45) is 17.6 Å². The molecule has 2 unspecified atom stereocenters. The number of rotatable bonds is 4. The number of carbonyl (C=O) groups is 3. The molecule has 2 heterocycles. The second-order valence-electron chi connectivity index (χ2n) is 6.21. The van der Waals surface area contributed by atoms with Crippen LogP contribution in [0.2, 0.25) is 0 Å². The lowest BCUT2D eigenvalue weighted by Crippen LogP contribution is -2.55. The van der Waals surface area contributed by atoms with Gasteiger partial charge >= 0.3 is 0 Å². The Kier molecular flexibility index (Phi) is 4.36. The summed E-state index contributed by atoms with van der Waals surface area (Å²) >= 11 is 0. The minimum Gasteiger partial charge on any atom is -0.472 e. The van der Waals surface area contributed by atoms with Crippen molar-refractivity contribution in [3.8, 4) is 0 Å². The first-order valence-corrected chi connectivity index (χ1v) is 7.93. The quantitative estimate of drug-likeness (QED) is 0.845. The van der Waals surface area contributed by atoms with Crippen LogP contribution >= 0.6 is 0 Å². The van der Waals surface area contributed by atoms with Crippen LogP contribution in [0, 0.1) is 11.8 Å². The first kappa shape index (κ1) is 15.6. The Morgan fingerprint density at radius 1 is 1.09 bits per heavy atom. The Hall–Kier alpha value is -2.31. The van der Waals surface area contributed by atoms with Crippen molar-refractivity contribution in [1.82, 2.24) is 9.80 Å². The van der Waals surface area contributed by atoms with E-state index < -0.39 is 0 Å². The molecule has 0 bridgehead atoms. The zero-order chi connectivity index (χ0) is 16.4. The first-order valence-electron chi connectivity index (χ1n) is 7.93. The highest BCUT2D eigenvalue weighted by molar-refractivity contribution is 5.88. The van der Waals surface area contributed by atoms with Crippen LogP contribution in [0.4, 0.5) is 0 Å². The number of furan rings is 1. The second-order valence-corrected chi connectivity index (χ2v) is 6.21. The fourth-order valence-corrected chi connectivity index (χ4v) is 3.23. The number of nitrogens with zero attached hydrogens (tertiary/aromatic N) is 2. The average molecular weight is 319 g/mol. The number of carbonyl (C=O) groups excluding carboxylic acids is 3. The lowest BCUT2D eigenvalue weighted by molar-refractivity contribution is -0.149. The third-order valence-corrected chi connectivity index (χ3v) is 4.84. The lowest BCUT2D eigenvalue weighted by Gasteiger charge is -2.40. The van der Waals surface area contributed by atoms with Crippen LogP contribution < -0.4 is 5.73 Å². The molecule has 7 heteroatoms. The predicted octanol–water partition coefficient (Wildman–Crippen LogP) is 0.00440.